The van der Waals surface area contributed by atoms with Gasteiger partial charge >= 0.3 is 0 Å². The minimum Gasteiger partial charge on any atom is -0.207 e. The number of hydrogen-bond acceptors (Lipinski definition) is 2. The zero-order valence-corrected chi connectivity index (χ0v) is 20.6. The van der Waals surface area contributed by atoms with Crippen LogP contribution in [-0.2, 0) is 6.42 Å². The molecule has 0 spiro atoms. The summed E-state index contributed by atoms with van der Waals surface area (Å²) >= 11 is 3.72. The SMILES string of the molecule is CCc1ccc(-c2cc3c(s2)-c2ccc4c5c(ccc-3c25)-c2sc(-c3ccc(F)cc3)cc2-4)cc1. The number of hydrogen-bond donors (Lipinski definition) is 0. The van der Waals surface area contributed by atoms with E-state index >= 15 is 0 Å². The van der Waals surface area contributed by atoms with E-state index < -0.39 is 0 Å². The molecule has 0 radical (unpaired) electrons. The fraction of sp³-hybridized carbons (Fsp3) is 0.0625. The van der Waals surface area contributed by atoms with Crippen LogP contribution in [0.3, 0.4) is 0 Å². The van der Waals surface area contributed by atoms with Crippen LogP contribution in [0.25, 0.3) is 74.8 Å². The van der Waals surface area contributed by atoms with Crippen LogP contribution >= 0.6 is 22.7 Å². The Morgan fingerprint density at radius 3 is 1.49 bits per heavy atom. The second kappa shape index (κ2) is 7.00. The van der Waals surface area contributed by atoms with Crippen molar-refractivity contribution in [2.24, 2.45) is 0 Å². The van der Waals surface area contributed by atoms with Crippen molar-refractivity contribution in [3.8, 4) is 64.0 Å². The highest BCUT2D eigenvalue weighted by Gasteiger charge is 2.32. The lowest BCUT2D eigenvalue weighted by atomic mass is 9.97. The molecule has 3 heteroatoms. The third-order valence-electron chi connectivity index (χ3n) is 7.47. The molecule has 2 aromatic heterocycles. The highest BCUT2D eigenvalue weighted by molar-refractivity contribution is 7.20. The van der Waals surface area contributed by atoms with E-state index in [1.165, 1.54) is 74.8 Å². The van der Waals surface area contributed by atoms with Crippen LogP contribution in [0.1, 0.15) is 12.5 Å². The molecule has 0 saturated heterocycles. The van der Waals surface area contributed by atoms with Crippen LogP contribution < -0.4 is 0 Å². The van der Waals surface area contributed by atoms with Gasteiger partial charge in [0, 0.05) is 41.8 Å². The smallest absolute Gasteiger partial charge is 0.123 e. The van der Waals surface area contributed by atoms with Gasteiger partial charge < -0.3 is 0 Å². The predicted molar refractivity (Wildman–Crippen MR) is 149 cm³/mol. The maximum atomic E-state index is 13.4. The molecule has 0 amide bonds. The summed E-state index contributed by atoms with van der Waals surface area (Å²) in [4.78, 5) is 5.24. The fourth-order valence-electron chi connectivity index (χ4n) is 5.71. The molecule has 2 aliphatic carbocycles. The van der Waals surface area contributed by atoms with Gasteiger partial charge in [-0.05, 0) is 69.3 Å². The number of aryl methyl sites for hydroxylation is 1. The Morgan fingerprint density at radius 2 is 1.00 bits per heavy atom. The van der Waals surface area contributed by atoms with Gasteiger partial charge in [-0.2, -0.15) is 0 Å². The zero-order chi connectivity index (χ0) is 23.3. The average molecular weight is 487 g/mol. The molecule has 2 heterocycles. The Kier molecular flexibility index (Phi) is 3.95. The van der Waals surface area contributed by atoms with Crippen LogP contribution in [0.15, 0.2) is 84.9 Å². The molecule has 0 bridgehead atoms. The topological polar surface area (TPSA) is 0 Å². The van der Waals surface area contributed by atoms with Crippen molar-refractivity contribution in [3.05, 3.63) is 96.3 Å². The van der Waals surface area contributed by atoms with E-state index in [1.807, 2.05) is 34.8 Å². The number of halogens is 1. The predicted octanol–water partition coefficient (Wildman–Crippen LogP) is 10.3. The second-order valence-electron chi connectivity index (χ2n) is 9.34. The number of fused-ring (bicyclic) bond motifs is 6. The van der Waals surface area contributed by atoms with Crippen molar-refractivity contribution >= 4 is 33.4 Å². The molecule has 0 nitrogen and oxygen atoms in total. The highest BCUT2D eigenvalue weighted by atomic mass is 32.1. The summed E-state index contributed by atoms with van der Waals surface area (Å²) in [6.07, 6.45) is 1.07. The van der Waals surface area contributed by atoms with Crippen molar-refractivity contribution in [1.82, 2.24) is 0 Å². The second-order valence-corrected chi connectivity index (χ2v) is 11.4. The largest absolute Gasteiger partial charge is 0.207 e. The third kappa shape index (κ3) is 2.65. The minimum absolute atomic E-state index is 0.194. The van der Waals surface area contributed by atoms with Gasteiger partial charge in [0.15, 0.2) is 0 Å². The molecule has 4 aromatic carbocycles. The van der Waals surface area contributed by atoms with E-state index in [0.717, 1.165) is 12.0 Å². The molecule has 0 atom stereocenters. The van der Waals surface area contributed by atoms with Gasteiger partial charge in [0.2, 0.25) is 0 Å². The molecule has 0 aliphatic heterocycles. The number of rotatable bonds is 3. The maximum absolute atomic E-state index is 13.4. The van der Waals surface area contributed by atoms with Gasteiger partial charge in [-0.3, -0.25) is 0 Å². The van der Waals surface area contributed by atoms with Crippen molar-refractivity contribution in [3.63, 3.8) is 0 Å². The first-order valence-electron chi connectivity index (χ1n) is 11.9. The molecule has 0 saturated carbocycles. The number of benzene rings is 4. The summed E-state index contributed by atoms with van der Waals surface area (Å²) in [5.41, 5.74) is 11.8. The van der Waals surface area contributed by atoms with Crippen LogP contribution in [0.5, 0.6) is 0 Å². The van der Waals surface area contributed by atoms with Gasteiger partial charge in [0.05, 0.1) is 0 Å². The number of thiophene rings is 2. The van der Waals surface area contributed by atoms with Gasteiger partial charge in [0.1, 0.15) is 5.82 Å². The van der Waals surface area contributed by atoms with E-state index in [1.54, 1.807) is 12.1 Å². The van der Waals surface area contributed by atoms with Gasteiger partial charge in [0.25, 0.3) is 0 Å². The molecule has 0 fully saturated rings. The first-order valence-corrected chi connectivity index (χ1v) is 13.6. The summed E-state index contributed by atoms with van der Waals surface area (Å²) in [6.45, 7) is 2.20. The van der Waals surface area contributed by atoms with Crippen LogP contribution in [0, 0.1) is 5.82 Å². The van der Waals surface area contributed by atoms with E-state index in [4.69, 9.17) is 0 Å². The molecule has 6 aromatic rings. The van der Waals surface area contributed by atoms with Crippen LogP contribution in [0.2, 0.25) is 0 Å². The summed E-state index contributed by atoms with van der Waals surface area (Å²) in [6, 6.07) is 29.8. The molecular formula is C32H19FS2. The quantitative estimate of drug-likeness (QED) is 0.233. The van der Waals surface area contributed by atoms with Crippen molar-refractivity contribution in [1.29, 1.82) is 0 Å². The molecule has 8 rings (SSSR count). The Hall–Kier alpha value is -3.53. The molecule has 166 valence electrons. The zero-order valence-electron chi connectivity index (χ0n) is 19.0. The molecular weight excluding hydrogens is 467 g/mol. The van der Waals surface area contributed by atoms with Crippen molar-refractivity contribution in [2.45, 2.75) is 13.3 Å². The summed E-state index contributed by atoms with van der Waals surface area (Å²) < 4.78 is 13.4. The van der Waals surface area contributed by atoms with Crippen molar-refractivity contribution in [2.75, 3.05) is 0 Å². The minimum atomic E-state index is -0.194. The average Bonchev–Trinajstić information content (AvgIpc) is 3.64. The van der Waals surface area contributed by atoms with E-state index in [2.05, 4.69) is 67.6 Å². The van der Waals surface area contributed by atoms with E-state index in [-0.39, 0.29) is 5.82 Å². The normalized spacial score (nSPS) is 12.4. The Balaban J connectivity index is 1.27. The molecule has 0 unspecified atom stereocenters. The van der Waals surface area contributed by atoms with Crippen molar-refractivity contribution < 1.29 is 4.39 Å². The van der Waals surface area contributed by atoms with Crippen LogP contribution in [-0.4, -0.2) is 0 Å². The standard InChI is InChI=1S/C32H19FS2/c1-2-17-3-5-18(6-4-17)27-15-25-21-11-14-24-30-22(12-13-23(29(21)30)31(25)34-27)26-16-28(35-32(24)26)19-7-9-20(33)10-8-19/h3-16H,2H2,1H3. The lowest BCUT2D eigenvalue weighted by molar-refractivity contribution is 0.628. The Bertz CT molecular complexity index is 1730. The van der Waals surface area contributed by atoms with Crippen LogP contribution in [0.4, 0.5) is 4.39 Å². The maximum Gasteiger partial charge on any atom is 0.123 e. The first kappa shape index (κ1) is 19.7. The van der Waals surface area contributed by atoms with E-state index in [9.17, 15) is 4.39 Å². The van der Waals surface area contributed by atoms with Gasteiger partial charge in [-0.1, -0.05) is 67.6 Å². The lowest BCUT2D eigenvalue weighted by Gasteiger charge is -2.07. The lowest BCUT2D eigenvalue weighted by Crippen LogP contribution is -1.81. The summed E-state index contributed by atoms with van der Waals surface area (Å²) in [7, 11) is 0. The third-order valence-corrected chi connectivity index (χ3v) is 9.90. The Morgan fingerprint density at radius 1 is 0.543 bits per heavy atom. The summed E-state index contributed by atoms with van der Waals surface area (Å²) in [5, 5.41) is 2.80. The molecule has 35 heavy (non-hydrogen) atoms. The van der Waals surface area contributed by atoms with Gasteiger partial charge in [-0.25, -0.2) is 4.39 Å². The van der Waals surface area contributed by atoms with E-state index in [0.29, 0.717) is 0 Å². The highest BCUT2D eigenvalue weighted by Crippen LogP contribution is 2.60. The monoisotopic (exact) mass is 486 g/mol. The first-order chi connectivity index (χ1) is 17.2. The Labute approximate surface area is 211 Å². The fourth-order valence-corrected chi connectivity index (χ4v) is 8.13. The molecule has 0 N–H and O–H groups in total. The molecule has 2 aliphatic rings. The van der Waals surface area contributed by atoms with Gasteiger partial charge in [-0.15, -0.1) is 22.7 Å². The summed E-state index contributed by atoms with van der Waals surface area (Å²) in [5.74, 6) is -0.194.